The molecule has 6 nitrogen and oxygen atoms in total. The molecule has 1 aliphatic carbocycles. The summed E-state index contributed by atoms with van der Waals surface area (Å²) < 4.78 is 5.17. The molecule has 0 aromatic heterocycles. The van der Waals surface area contributed by atoms with E-state index in [9.17, 15) is 9.59 Å². The summed E-state index contributed by atoms with van der Waals surface area (Å²) in [5, 5.41) is 9.35. The molecule has 0 aliphatic heterocycles. The summed E-state index contributed by atoms with van der Waals surface area (Å²) in [6.07, 6.45) is 6.64. The summed E-state index contributed by atoms with van der Waals surface area (Å²) in [5.74, 6) is 0.781. The lowest BCUT2D eigenvalue weighted by molar-refractivity contribution is -0.130. The second kappa shape index (κ2) is 12.9. The van der Waals surface area contributed by atoms with Crippen molar-refractivity contribution < 1.29 is 14.3 Å². The zero-order chi connectivity index (χ0) is 23.5. The van der Waals surface area contributed by atoms with Gasteiger partial charge in [-0.15, -0.1) is 0 Å². The van der Waals surface area contributed by atoms with Gasteiger partial charge >= 0.3 is 0 Å². The van der Waals surface area contributed by atoms with Crippen molar-refractivity contribution in [3.8, 4) is 5.75 Å². The van der Waals surface area contributed by atoms with Crippen molar-refractivity contribution in [3.05, 3.63) is 60.2 Å². The number of carbonyl (C=O) groups is 2. The van der Waals surface area contributed by atoms with E-state index >= 15 is 0 Å². The predicted molar refractivity (Wildman–Crippen MR) is 132 cm³/mol. The molecule has 0 bridgehead atoms. The molecule has 6 heteroatoms. The molecule has 1 saturated carbocycles. The van der Waals surface area contributed by atoms with E-state index in [0.717, 1.165) is 29.8 Å². The van der Waals surface area contributed by atoms with Crippen molar-refractivity contribution in [2.24, 2.45) is 5.92 Å². The number of methoxy groups -OCH3 is 1. The van der Waals surface area contributed by atoms with Gasteiger partial charge in [0.2, 0.25) is 11.8 Å². The third-order valence-electron chi connectivity index (χ3n) is 6.46. The number of carbonyl (C=O) groups excluding carboxylic acids is 2. The minimum Gasteiger partial charge on any atom is -0.497 e. The fraction of sp³-hybridized carbons (Fsp3) is 0.481. The first-order valence-corrected chi connectivity index (χ1v) is 12.1. The Hall–Kier alpha value is -3.02. The van der Waals surface area contributed by atoms with Crippen LogP contribution in [-0.4, -0.2) is 38.1 Å². The van der Waals surface area contributed by atoms with E-state index < -0.39 is 6.04 Å². The third-order valence-corrected chi connectivity index (χ3v) is 6.46. The van der Waals surface area contributed by atoms with Crippen molar-refractivity contribution in [1.29, 1.82) is 0 Å². The molecule has 178 valence electrons. The van der Waals surface area contributed by atoms with Gasteiger partial charge in [-0.1, -0.05) is 62.4 Å². The molecule has 33 heavy (non-hydrogen) atoms. The van der Waals surface area contributed by atoms with Gasteiger partial charge in [-0.3, -0.25) is 9.59 Å². The zero-order valence-corrected chi connectivity index (χ0v) is 19.8. The van der Waals surface area contributed by atoms with Crippen LogP contribution in [0.3, 0.4) is 0 Å². The first-order valence-electron chi connectivity index (χ1n) is 12.1. The molecule has 0 unspecified atom stereocenters. The van der Waals surface area contributed by atoms with Gasteiger partial charge in [0.25, 0.3) is 0 Å². The van der Waals surface area contributed by atoms with E-state index in [1.165, 1.54) is 19.3 Å². The Morgan fingerprint density at radius 3 is 2.30 bits per heavy atom. The number of hydrogen-bond donors (Lipinski definition) is 3. The molecule has 3 N–H and O–H groups in total. The minimum atomic E-state index is -0.507. The second-order valence-corrected chi connectivity index (χ2v) is 8.88. The summed E-state index contributed by atoms with van der Waals surface area (Å²) in [6.45, 7) is 2.97. The van der Waals surface area contributed by atoms with E-state index in [1.807, 2.05) is 61.5 Å². The Morgan fingerprint density at radius 2 is 1.64 bits per heavy atom. The Morgan fingerprint density at radius 1 is 0.939 bits per heavy atom. The highest BCUT2D eigenvalue weighted by Gasteiger charge is 2.27. The molecule has 2 atom stereocenters. The van der Waals surface area contributed by atoms with E-state index in [4.69, 9.17) is 4.74 Å². The number of anilines is 1. The van der Waals surface area contributed by atoms with E-state index in [1.54, 1.807) is 7.11 Å². The number of benzene rings is 2. The number of rotatable bonds is 11. The minimum absolute atomic E-state index is 0.103. The van der Waals surface area contributed by atoms with Crippen LogP contribution in [0.1, 0.15) is 56.9 Å². The van der Waals surface area contributed by atoms with Gasteiger partial charge in [0.05, 0.1) is 13.0 Å². The lowest BCUT2D eigenvalue weighted by atomic mass is 9.84. The van der Waals surface area contributed by atoms with E-state index in [-0.39, 0.29) is 17.7 Å². The lowest BCUT2D eigenvalue weighted by Gasteiger charge is -2.27. The van der Waals surface area contributed by atoms with Crippen LogP contribution < -0.4 is 20.7 Å². The topological polar surface area (TPSA) is 79.5 Å². The largest absolute Gasteiger partial charge is 0.497 e. The van der Waals surface area contributed by atoms with Crippen LogP contribution in [0.5, 0.6) is 5.75 Å². The van der Waals surface area contributed by atoms with Crippen LogP contribution in [0.15, 0.2) is 54.6 Å². The maximum absolute atomic E-state index is 13.0. The van der Waals surface area contributed by atoms with Crippen LogP contribution in [0.25, 0.3) is 0 Å². The lowest BCUT2D eigenvalue weighted by Crippen LogP contribution is -2.49. The van der Waals surface area contributed by atoms with Gasteiger partial charge in [0.1, 0.15) is 11.8 Å². The first-order chi connectivity index (χ1) is 16.1. The van der Waals surface area contributed by atoms with Crippen molar-refractivity contribution in [2.45, 2.75) is 57.4 Å². The zero-order valence-electron chi connectivity index (χ0n) is 19.8. The number of hydrogen-bond acceptors (Lipinski definition) is 4. The monoisotopic (exact) mass is 451 g/mol. The molecule has 2 aromatic carbocycles. The highest BCUT2D eigenvalue weighted by Crippen LogP contribution is 2.27. The quantitative estimate of drug-likeness (QED) is 0.440. The maximum Gasteiger partial charge on any atom is 0.242 e. The summed E-state index contributed by atoms with van der Waals surface area (Å²) in [4.78, 5) is 26.0. The fourth-order valence-corrected chi connectivity index (χ4v) is 4.40. The van der Waals surface area contributed by atoms with Gasteiger partial charge in [0, 0.05) is 18.8 Å². The van der Waals surface area contributed by atoms with E-state index in [2.05, 4.69) is 16.0 Å². The maximum atomic E-state index is 13.0. The SMILES string of the molecule is COc1ccc(NCCNC(=O)[C@H](CC2CCCCC2)NC(=O)[C@@H](C)c2ccccc2)cc1. The Balaban J connectivity index is 1.54. The smallest absolute Gasteiger partial charge is 0.242 e. The van der Waals surface area contributed by atoms with E-state index in [0.29, 0.717) is 25.4 Å². The summed E-state index contributed by atoms with van der Waals surface area (Å²) in [7, 11) is 1.64. The molecule has 2 aromatic rings. The molecule has 3 rings (SSSR count). The van der Waals surface area contributed by atoms with Crippen LogP contribution >= 0.6 is 0 Å². The number of nitrogens with one attached hydrogen (secondary N) is 3. The molecule has 0 heterocycles. The van der Waals surface area contributed by atoms with Gasteiger partial charge in [-0.05, 0) is 49.1 Å². The molecule has 2 amide bonds. The Kier molecular flexibility index (Phi) is 9.60. The molecular formula is C27H37N3O3. The Bertz CT molecular complexity index is 864. The molecule has 0 saturated heterocycles. The fourth-order valence-electron chi connectivity index (χ4n) is 4.40. The van der Waals surface area contributed by atoms with Crippen molar-refractivity contribution in [3.63, 3.8) is 0 Å². The first kappa shape index (κ1) is 24.6. The number of amides is 2. The molecule has 1 fully saturated rings. The van der Waals surface area contributed by atoms with Crippen LogP contribution in [0, 0.1) is 5.92 Å². The van der Waals surface area contributed by atoms with Crippen molar-refractivity contribution in [1.82, 2.24) is 10.6 Å². The van der Waals surface area contributed by atoms with Crippen LogP contribution in [0.4, 0.5) is 5.69 Å². The molecular weight excluding hydrogens is 414 g/mol. The Labute approximate surface area is 197 Å². The van der Waals surface area contributed by atoms with Crippen LogP contribution in [-0.2, 0) is 9.59 Å². The average molecular weight is 452 g/mol. The van der Waals surface area contributed by atoms with Crippen molar-refractivity contribution >= 4 is 17.5 Å². The predicted octanol–water partition coefficient (Wildman–Crippen LogP) is 4.48. The standard InChI is InChI=1S/C27H37N3O3/c1-20(22-11-7-4-8-12-22)26(31)30-25(19-21-9-5-3-6-10-21)27(32)29-18-17-28-23-13-15-24(33-2)16-14-23/h4,7-8,11-16,20-21,25,28H,3,5-6,9-10,17-19H2,1-2H3,(H,29,32)(H,30,31)/t20-,25-/m0/s1. The molecule has 0 spiro atoms. The number of ether oxygens (including phenoxy) is 1. The highest BCUT2D eigenvalue weighted by molar-refractivity contribution is 5.90. The highest BCUT2D eigenvalue weighted by atomic mass is 16.5. The second-order valence-electron chi connectivity index (χ2n) is 8.88. The summed E-state index contributed by atoms with van der Waals surface area (Å²) in [6, 6.07) is 16.9. The van der Waals surface area contributed by atoms with Gasteiger partial charge in [-0.2, -0.15) is 0 Å². The van der Waals surface area contributed by atoms with Crippen molar-refractivity contribution in [2.75, 3.05) is 25.5 Å². The van der Waals surface area contributed by atoms with Crippen LogP contribution in [0.2, 0.25) is 0 Å². The van der Waals surface area contributed by atoms with Gasteiger partial charge in [-0.25, -0.2) is 0 Å². The summed E-state index contributed by atoms with van der Waals surface area (Å²) in [5.41, 5.74) is 1.92. The average Bonchev–Trinajstić information content (AvgIpc) is 2.87. The molecule has 1 aliphatic rings. The van der Waals surface area contributed by atoms with Gasteiger partial charge < -0.3 is 20.7 Å². The normalized spacial score (nSPS) is 15.8. The summed E-state index contributed by atoms with van der Waals surface area (Å²) >= 11 is 0. The molecule has 0 radical (unpaired) electrons. The third kappa shape index (κ3) is 7.81. The van der Waals surface area contributed by atoms with Gasteiger partial charge in [0.15, 0.2) is 0 Å².